The van der Waals surface area contributed by atoms with Gasteiger partial charge in [0.1, 0.15) is 0 Å². The summed E-state index contributed by atoms with van der Waals surface area (Å²) in [7, 11) is 0.790. The molecule has 1 heterocycles. The van der Waals surface area contributed by atoms with Crippen LogP contribution in [0.3, 0.4) is 0 Å². The molecule has 0 aromatic heterocycles. The molecular formula is C6H12OSi. The largest absolute Gasteiger partial charge is 0.417 e. The predicted octanol–water partition coefficient (Wildman–Crippen LogP) is 1.61. The Balaban J connectivity index is 2.00. The third kappa shape index (κ3) is 2.48. The summed E-state index contributed by atoms with van der Waals surface area (Å²) in [5.74, 6) is 0. The molecule has 0 aliphatic carbocycles. The van der Waals surface area contributed by atoms with Crippen LogP contribution in [-0.4, -0.2) is 16.4 Å². The Hall–Kier alpha value is 0.177. The first-order valence-electron chi connectivity index (χ1n) is 3.35. The van der Waals surface area contributed by atoms with Crippen LogP contribution in [0.25, 0.3) is 0 Å². The third-order valence-corrected chi connectivity index (χ3v) is 2.34. The summed E-state index contributed by atoms with van der Waals surface area (Å²) in [4.78, 5) is 0. The number of hydrogen-bond acceptors (Lipinski definition) is 1. The Morgan fingerprint density at radius 1 is 1.00 bits per heavy atom. The highest BCUT2D eigenvalue weighted by Crippen LogP contribution is 2.06. The Kier molecular flexibility index (Phi) is 3.22. The average Bonchev–Trinajstić information content (AvgIpc) is 1.62. The highest BCUT2D eigenvalue weighted by Gasteiger charge is 1.97. The molecule has 1 saturated heterocycles. The molecule has 0 unspecified atom stereocenters. The van der Waals surface area contributed by atoms with Crippen LogP contribution >= 0.6 is 0 Å². The van der Waals surface area contributed by atoms with Gasteiger partial charge in [-0.3, -0.25) is 0 Å². The summed E-state index contributed by atoms with van der Waals surface area (Å²) in [6.07, 6.45) is 5.48. The zero-order valence-electron chi connectivity index (χ0n) is 5.15. The van der Waals surface area contributed by atoms with Gasteiger partial charge in [0.15, 0.2) is 0 Å². The van der Waals surface area contributed by atoms with Gasteiger partial charge in [-0.25, -0.2) is 0 Å². The quantitative estimate of drug-likeness (QED) is 0.450. The summed E-state index contributed by atoms with van der Waals surface area (Å²) in [6, 6.07) is 1.31. The van der Waals surface area contributed by atoms with Crippen LogP contribution in [0.2, 0.25) is 6.04 Å². The Labute approximate surface area is 53.4 Å². The first kappa shape index (κ1) is 6.30. The molecule has 0 saturated carbocycles. The van der Waals surface area contributed by atoms with Crippen LogP contribution < -0.4 is 0 Å². The summed E-state index contributed by atoms with van der Waals surface area (Å²) in [5, 5.41) is 0. The highest BCUT2D eigenvalue weighted by atomic mass is 28.2. The van der Waals surface area contributed by atoms with Crippen molar-refractivity contribution < 1.29 is 4.43 Å². The van der Waals surface area contributed by atoms with Gasteiger partial charge < -0.3 is 4.43 Å². The monoisotopic (exact) mass is 128 g/mol. The molecule has 1 aliphatic heterocycles. The van der Waals surface area contributed by atoms with Crippen LogP contribution in [-0.2, 0) is 4.43 Å². The minimum Gasteiger partial charge on any atom is -0.417 e. The number of rotatable bonds is 0. The lowest BCUT2D eigenvalue weighted by Gasteiger charge is -2.06. The Bertz CT molecular complexity index is 32.5. The maximum absolute atomic E-state index is 5.30. The van der Waals surface area contributed by atoms with Crippen molar-refractivity contribution in [1.82, 2.24) is 0 Å². The van der Waals surface area contributed by atoms with Gasteiger partial charge in [-0.15, -0.1) is 0 Å². The van der Waals surface area contributed by atoms with E-state index >= 15 is 0 Å². The van der Waals surface area contributed by atoms with Gasteiger partial charge >= 0.3 is 0 Å². The molecule has 2 heteroatoms. The molecular weight excluding hydrogens is 116 g/mol. The minimum absolute atomic E-state index is 0.790. The van der Waals surface area contributed by atoms with Crippen LogP contribution in [0, 0.1) is 0 Å². The van der Waals surface area contributed by atoms with Gasteiger partial charge in [0.2, 0.25) is 9.76 Å². The summed E-state index contributed by atoms with van der Waals surface area (Å²) in [5.41, 5.74) is 0. The lowest BCUT2D eigenvalue weighted by Crippen LogP contribution is -2.03. The van der Waals surface area contributed by atoms with E-state index in [1.807, 2.05) is 0 Å². The van der Waals surface area contributed by atoms with E-state index in [9.17, 15) is 0 Å². The lowest BCUT2D eigenvalue weighted by atomic mass is 10.2. The SMILES string of the molecule is C1CCC[Si]OCC1. The van der Waals surface area contributed by atoms with Crippen molar-refractivity contribution in [2.24, 2.45) is 0 Å². The van der Waals surface area contributed by atoms with Gasteiger partial charge in [0, 0.05) is 6.61 Å². The van der Waals surface area contributed by atoms with E-state index in [0.717, 1.165) is 16.4 Å². The molecule has 1 fully saturated rings. The molecule has 0 aromatic carbocycles. The van der Waals surface area contributed by atoms with Gasteiger partial charge in [-0.05, 0) is 12.5 Å². The molecule has 0 spiro atoms. The maximum atomic E-state index is 5.30. The molecule has 1 rings (SSSR count). The molecule has 0 bridgehead atoms. The molecule has 2 radical (unpaired) electrons. The Morgan fingerprint density at radius 3 is 2.88 bits per heavy atom. The topological polar surface area (TPSA) is 9.23 Å². The zero-order valence-corrected chi connectivity index (χ0v) is 6.15. The molecule has 0 N–H and O–H groups in total. The first-order valence-corrected chi connectivity index (χ1v) is 4.46. The van der Waals surface area contributed by atoms with E-state index in [1.54, 1.807) is 0 Å². The summed E-state index contributed by atoms with van der Waals surface area (Å²) < 4.78 is 5.30. The van der Waals surface area contributed by atoms with Crippen molar-refractivity contribution in [3.8, 4) is 0 Å². The van der Waals surface area contributed by atoms with E-state index in [-0.39, 0.29) is 0 Å². The van der Waals surface area contributed by atoms with Crippen molar-refractivity contribution in [2.45, 2.75) is 31.7 Å². The highest BCUT2D eigenvalue weighted by molar-refractivity contribution is 6.26. The normalized spacial score (nSPS) is 24.0. The Morgan fingerprint density at radius 2 is 1.88 bits per heavy atom. The standard InChI is InChI=1S/C6H12OSi/c1-2-4-6-8-7-5-3-1/h1-6H2. The van der Waals surface area contributed by atoms with Crippen molar-refractivity contribution in [3.05, 3.63) is 0 Å². The maximum Gasteiger partial charge on any atom is 0.229 e. The van der Waals surface area contributed by atoms with Crippen molar-refractivity contribution >= 4 is 9.76 Å². The fourth-order valence-corrected chi connectivity index (χ4v) is 1.70. The molecule has 0 atom stereocenters. The lowest BCUT2D eigenvalue weighted by molar-refractivity contribution is 0.311. The molecule has 0 aromatic rings. The van der Waals surface area contributed by atoms with E-state index in [2.05, 4.69) is 0 Å². The molecule has 8 heavy (non-hydrogen) atoms. The van der Waals surface area contributed by atoms with E-state index in [0.29, 0.717) is 0 Å². The van der Waals surface area contributed by atoms with Gasteiger partial charge in [0.25, 0.3) is 0 Å². The predicted molar refractivity (Wildman–Crippen MR) is 35.0 cm³/mol. The minimum atomic E-state index is 0.790. The molecule has 0 amide bonds. The fraction of sp³-hybridized carbons (Fsp3) is 1.00. The van der Waals surface area contributed by atoms with Gasteiger partial charge in [0.05, 0.1) is 0 Å². The van der Waals surface area contributed by atoms with Gasteiger partial charge in [-0.2, -0.15) is 0 Å². The summed E-state index contributed by atoms with van der Waals surface area (Å²) in [6.45, 7) is 1.01. The van der Waals surface area contributed by atoms with Crippen molar-refractivity contribution in [2.75, 3.05) is 6.61 Å². The second kappa shape index (κ2) is 4.10. The van der Waals surface area contributed by atoms with Crippen LogP contribution in [0.5, 0.6) is 0 Å². The van der Waals surface area contributed by atoms with Crippen molar-refractivity contribution in [3.63, 3.8) is 0 Å². The van der Waals surface area contributed by atoms with E-state index < -0.39 is 0 Å². The fourth-order valence-electron chi connectivity index (χ4n) is 0.869. The van der Waals surface area contributed by atoms with Crippen LogP contribution in [0.1, 0.15) is 25.7 Å². The van der Waals surface area contributed by atoms with E-state index in [4.69, 9.17) is 4.43 Å². The van der Waals surface area contributed by atoms with Crippen LogP contribution in [0.4, 0.5) is 0 Å². The molecule has 1 nitrogen and oxygen atoms in total. The van der Waals surface area contributed by atoms with Crippen molar-refractivity contribution in [1.29, 1.82) is 0 Å². The second-order valence-corrected chi connectivity index (χ2v) is 3.23. The average molecular weight is 128 g/mol. The van der Waals surface area contributed by atoms with E-state index in [1.165, 1.54) is 31.7 Å². The first-order chi connectivity index (χ1) is 4.00. The second-order valence-electron chi connectivity index (χ2n) is 2.16. The summed E-state index contributed by atoms with van der Waals surface area (Å²) >= 11 is 0. The molecule has 1 aliphatic rings. The zero-order chi connectivity index (χ0) is 5.66. The van der Waals surface area contributed by atoms with Gasteiger partial charge in [-0.1, -0.05) is 19.3 Å². The smallest absolute Gasteiger partial charge is 0.229 e. The third-order valence-electron chi connectivity index (χ3n) is 1.38. The molecule has 46 valence electrons. The van der Waals surface area contributed by atoms with Crippen LogP contribution in [0.15, 0.2) is 0 Å². The number of hydrogen-bond donors (Lipinski definition) is 0.